The number of nitrogens with two attached hydrogens (primary N) is 1. The number of hydrogen-bond acceptors (Lipinski definition) is 9. The molecule has 3 aromatic heterocycles. The normalized spacial score (nSPS) is 11.9. The van der Waals surface area contributed by atoms with Crippen LogP contribution in [-0.2, 0) is 16.0 Å². The van der Waals surface area contributed by atoms with Crippen LogP contribution < -0.4 is 11.1 Å². The summed E-state index contributed by atoms with van der Waals surface area (Å²) in [6, 6.07) is 4.18. The summed E-state index contributed by atoms with van der Waals surface area (Å²) in [4.78, 5) is 40.9. The number of alkyl halides is 3. The number of carbonyl (C=O) groups is 3. The van der Waals surface area contributed by atoms with Crippen LogP contribution in [0.4, 0.5) is 18.9 Å². The zero-order chi connectivity index (χ0) is 27.3. The van der Waals surface area contributed by atoms with Gasteiger partial charge in [0.2, 0.25) is 0 Å². The molecule has 0 spiro atoms. The van der Waals surface area contributed by atoms with Gasteiger partial charge in [-0.1, -0.05) is 5.21 Å². The van der Waals surface area contributed by atoms with Crippen molar-refractivity contribution < 1.29 is 37.8 Å². The van der Waals surface area contributed by atoms with Crippen LogP contribution in [0.5, 0.6) is 0 Å². The van der Waals surface area contributed by atoms with E-state index < -0.39 is 30.1 Å². The lowest BCUT2D eigenvalue weighted by Gasteiger charge is -2.13. The summed E-state index contributed by atoms with van der Waals surface area (Å²) in [5, 5.41) is 31.1. The number of halogens is 3. The van der Waals surface area contributed by atoms with Gasteiger partial charge in [0.15, 0.2) is 0 Å². The first-order valence-corrected chi connectivity index (χ1v) is 10.1. The van der Waals surface area contributed by atoms with E-state index in [9.17, 15) is 27.9 Å². The standard InChI is InChI=1S/C18H17N9O3.C2HF3O2/c1-10-4-13(2-3-14(10)19)26-8-12(24-25-26)5-15(17(29)30)23-16(28)11-6-20-18-21-9-22-27(18)7-11;3-2(4,5)1(6)7/h2-4,6-9,15H,5,19H2,1H3,(H,23,28)(H,29,30);(H,6,7). The third-order valence-corrected chi connectivity index (χ3v) is 4.71. The lowest BCUT2D eigenvalue weighted by Crippen LogP contribution is -2.42. The Morgan fingerprint density at radius 1 is 1.16 bits per heavy atom. The fourth-order valence-electron chi connectivity index (χ4n) is 2.81. The third kappa shape index (κ3) is 6.74. The molecule has 4 rings (SSSR count). The summed E-state index contributed by atoms with van der Waals surface area (Å²) in [7, 11) is 0. The Kier molecular flexibility index (Phi) is 7.65. The lowest BCUT2D eigenvalue weighted by molar-refractivity contribution is -0.192. The number of hydrogen-bond donors (Lipinski definition) is 4. The minimum absolute atomic E-state index is 0.0476. The highest BCUT2D eigenvalue weighted by Crippen LogP contribution is 2.16. The lowest BCUT2D eigenvalue weighted by atomic mass is 10.1. The molecular formula is C20H18F3N9O5. The number of rotatable bonds is 6. The Bertz CT molecular complexity index is 1450. The van der Waals surface area contributed by atoms with E-state index in [1.165, 1.54) is 27.9 Å². The monoisotopic (exact) mass is 521 g/mol. The van der Waals surface area contributed by atoms with Crippen LogP contribution in [0.1, 0.15) is 21.6 Å². The van der Waals surface area contributed by atoms with Crippen molar-refractivity contribution in [3.05, 3.63) is 59.9 Å². The van der Waals surface area contributed by atoms with E-state index in [-0.39, 0.29) is 12.0 Å². The Balaban J connectivity index is 0.000000479. The van der Waals surface area contributed by atoms with Crippen molar-refractivity contribution in [3.63, 3.8) is 0 Å². The Labute approximate surface area is 204 Å². The van der Waals surface area contributed by atoms with Crippen LogP contribution >= 0.6 is 0 Å². The van der Waals surface area contributed by atoms with Crippen molar-refractivity contribution >= 4 is 29.3 Å². The molecular weight excluding hydrogens is 503 g/mol. The first kappa shape index (κ1) is 26.5. The van der Waals surface area contributed by atoms with Gasteiger partial charge in [0.25, 0.3) is 11.7 Å². The highest BCUT2D eigenvalue weighted by atomic mass is 19.4. The molecule has 194 valence electrons. The smallest absolute Gasteiger partial charge is 0.480 e. The number of anilines is 1. The summed E-state index contributed by atoms with van der Waals surface area (Å²) >= 11 is 0. The molecule has 37 heavy (non-hydrogen) atoms. The minimum Gasteiger partial charge on any atom is -0.480 e. The topological polar surface area (TPSA) is 204 Å². The molecule has 0 bridgehead atoms. The first-order valence-electron chi connectivity index (χ1n) is 10.1. The van der Waals surface area contributed by atoms with Crippen LogP contribution in [0.2, 0.25) is 0 Å². The number of aliphatic carboxylic acids is 2. The fourth-order valence-corrected chi connectivity index (χ4v) is 2.81. The number of benzene rings is 1. The Hall–Kier alpha value is -5.09. The maximum atomic E-state index is 12.5. The molecule has 17 heteroatoms. The summed E-state index contributed by atoms with van der Waals surface area (Å²) in [5.41, 5.74) is 8.67. The number of nitrogens with zero attached hydrogens (tertiary/aromatic N) is 7. The van der Waals surface area contributed by atoms with E-state index >= 15 is 0 Å². The zero-order valence-electron chi connectivity index (χ0n) is 18.8. The van der Waals surface area contributed by atoms with E-state index in [0.29, 0.717) is 17.2 Å². The van der Waals surface area contributed by atoms with Crippen LogP contribution in [0, 0.1) is 6.92 Å². The molecule has 4 aromatic rings. The average Bonchev–Trinajstić information content (AvgIpc) is 3.49. The second-order valence-corrected chi connectivity index (χ2v) is 7.41. The van der Waals surface area contributed by atoms with Crippen molar-refractivity contribution in [1.29, 1.82) is 0 Å². The Morgan fingerprint density at radius 2 is 1.86 bits per heavy atom. The summed E-state index contributed by atoms with van der Waals surface area (Å²) in [6.45, 7) is 1.87. The maximum Gasteiger partial charge on any atom is 0.490 e. The molecule has 1 atom stereocenters. The van der Waals surface area contributed by atoms with Gasteiger partial charge in [-0.15, -0.1) is 5.10 Å². The molecule has 1 unspecified atom stereocenters. The maximum absolute atomic E-state index is 12.5. The van der Waals surface area contributed by atoms with Crippen LogP contribution in [-0.4, -0.2) is 74.9 Å². The van der Waals surface area contributed by atoms with Crippen molar-refractivity contribution in [2.75, 3.05) is 5.73 Å². The number of amides is 1. The van der Waals surface area contributed by atoms with Crippen molar-refractivity contribution in [1.82, 2.24) is 39.9 Å². The average molecular weight is 521 g/mol. The molecule has 0 aliphatic carbocycles. The number of carboxylic acids is 2. The fraction of sp³-hybridized carbons (Fsp3) is 0.200. The van der Waals surface area contributed by atoms with E-state index in [1.54, 1.807) is 18.3 Å². The van der Waals surface area contributed by atoms with E-state index in [1.807, 2.05) is 13.0 Å². The third-order valence-electron chi connectivity index (χ3n) is 4.71. The van der Waals surface area contributed by atoms with Crippen molar-refractivity contribution in [2.24, 2.45) is 0 Å². The van der Waals surface area contributed by atoms with Gasteiger partial charge >= 0.3 is 18.1 Å². The molecule has 0 aliphatic rings. The molecule has 1 aromatic carbocycles. The van der Waals surface area contributed by atoms with E-state index in [4.69, 9.17) is 15.6 Å². The van der Waals surface area contributed by atoms with Crippen LogP contribution in [0.25, 0.3) is 11.5 Å². The van der Waals surface area contributed by atoms with Gasteiger partial charge < -0.3 is 21.3 Å². The van der Waals surface area contributed by atoms with Crippen LogP contribution in [0.3, 0.4) is 0 Å². The van der Waals surface area contributed by atoms with Gasteiger partial charge in [-0.2, -0.15) is 23.3 Å². The minimum atomic E-state index is -5.08. The van der Waals surface area contributed by atoms with Crippen molar-refractivity contribution in [3.8, 4) is 5.69 Å². The SMILES string of the molecule is Cc1cc(-n2cc(CC(NC(=O)c3cnc4ncnn4c3)C(=O)O)nn2)ccc1N.O=C(O)C(F)(F)F. The van der Waals surface area contributed by atoms with Crippen molar-refractivity contribution in [2.45, 2.75) is 25.6 Å². The van der Waals surface area contributed by atoms with Gasteiger partial charge in [0, 0.05) is 24.5 Å². The number of aryl methyl sites for hydroxylation is 1. The van der Waals surface area contributed by atoms with Gasteiger partial charge in [0.1, 0.15) is 12.4 Å². The highest BCUT2D eigenvalue weighted by Gasteiger charge is 2.38. The van der Waals surface area contributed by atoms with Gasteiger partial charge in [0.05, 0.1) is 23.1 Å². The summed E-state index contributed by atoms with van der Waals surface area (Å²) < 4.78 is 34.6. The second-order valence-electron chi connectivity index (χ2n) is 7.41. The quantitative estimate of drug-likeness (QED) is 0.259. The highest BCUT2D eigenvalue weighted by molar-refractivity contribution is 5.96. The second kappa shape index (κ2) is 10.7. The van der Waals surface area contributed by atoms with Gasteiger partial charge in [-0.05, 0) is 30.7 Å². The predicted octanol–water partition coefficient (Wildman–Crippen LogP) is 0.655. The molecule has 0 aliphatic heterocycles. The van der Waals surface area contributed by atoms with Crippen LogP contribution in [0.15, 0.2) is 43.1 Å². The predicted molar refractivity (Wildman–Crippen MR) is 118 cm³/mol. The molecule has 0 saturated heterocycles. The zero-order valence-corrected chi connectivity index (χ0v) is 18.8. The number of fused-ring (bicyclic) bond motifs is 1. The molecule has 5 N–H and O–H groups in total. The number of aromatic nitrogens is 7. The number of nitrogens with one attached hydrogen (secondary N) is 1. The number of carbonyl (C=O) groups excluding carboxylic acids is 1. The molecule has 0 radical (unpaired) electrons. The van der Waals surface area contributed by atoms with E-state index in [2.05, 4.69) is 30.7 Å². The largest absolute Gasteiger partial charge is 0.490 e. The van der Waals surface area contributed by atoms with E-state index in [0.717, 1.165) is 11.3 Å². The van der Waals surface area contributed by atoms with Gasteiger partial charge in [-0.25, -0.2) is 23.8 Å². The molecule has 0 fully saturated rings. The number of carboxylic acid groups (broad SMARTS) is 2. The molecule has 3 heterocycles. The molecule has 1 amide bonds. The summed E-state index contributed by atoms with van der Waals surface area (Å²) in [6.07, 6.45) is 0.501. The Morgan fingerprint density at radius 3 is 2.49 bits per heavy atom. The van der Waals surface area contributed by atoms with Gasteiger partial charge in [-0.3, -0.25) is 4.79 Å². The molecule has 14 nitrogen and oxygen atoms in total. The first-order chi connectivity index (χ1) is 17.3. The summed E-state index contributed by atoms with van der Waals surface area (Å²) in [5.74, 6) is -4.23. The number of nitrogen functional groups attached to an aromatic ring is 1. The molecule has 0 saturated carbocycles.